The molecule has 1 aromatic heterocycles. The van der Waals surface area contributed by atoms with Crippen molar-refractivity contribution in [1.82, 2.24) is 10.3 Å². The van der Waals surface area contributed by atoms with Crippen LogP contribution >= 0.6 is 0 Å². The molecule has 0 unspecified atom stereocenters. The Kier molecular flexibility index (Phi) is 7.63. The third-order valence-electron chi connectivity index (χ3n) is 5.18. The summed E-state index contributed by atoms with van der Waals surface area (Å²) < 4.78 is 17.2. The highest BCUT2D eigenvalue weighted by molar-refractivity contribution is 5.96. The molecule has 1 heterocycles. The molecule has 0 fully saturated rings. The number of unbranched alkanes of at least 4 members (excludes halogenated alkanes) is 1. The van der Waals surface area contributed by atoms with E-state index in [0.717, 1.165) is 29.4 Å². The first-order chi connectivity index (χ1) is 15.7. The number of hydrogen-bond acceptors (Lipinski definition) is 6. The van der Waals surface area contributed by atoms with Crippen molar-refractivity contribution < 1.29 is 19.0 Å². The first-order valence-electron chi connectivity index (χ1n) is 11.2. The molecule has 0 bridgehead atoms. The Morgan fingerprint density at radius 3 is 2.61 bits per heavy atom. The predicted molar refractivity (Wildman–Crippen MR) is 131 cm³/mol. The summed E-state index contributed by atoms with van der Waals surface area (Å²) in [6.45, 7) is 8.67. The molecule has 0 atom stereocenters. The van der Waals surface area contributed by atoms with E-state index in [1.807, 2.05) is 45.0 Å². The van der Waals surface area contributed by atoms with Crippen molar-refractivity contribution in [2.75, 3.05) is 26.1 Å². The van der Waals surface area contributed by atoms with Crippen LogP contribution in [0.5, 0.6) is 17.2 Å². The van der Waals surface area contributed by atoms with Crippen molar-refractivity contribution in [1.29, 1.82) is 0 Å². The van der Waals surface area contributed by atoms with Crippen molar-refractivity contribution in [3.05, 3.63) is 53.7 Å². The second-order valence-corrected chi connectivity index (χ2v) is 8.70. The van der Waals surface area contributed by atoms with Crippen LogP contribution in [-0.2, 0) is 0 Å². The van der Waals surface area contributed by atoms with Crippen LogP contribution in [0.1, 0.15) is 49.7 Å². The van der Waals surface area contributed by atoms with Crippen molar-refractivity contribution >= 4 is 22.5 Å². The number of carbonyl (C=O) groups is 1. The Balaban J connectivity index is 1.70. The number of ether oxygens (including phenoxy) is 3. The number of aryl methyl sites for hydroxylation is 1. The molecule has 33 heavy (non-hydrogen) atoms. The number of pyridine rings is 1. The molecule has 0 saturated carbocycles. The summed E-state index contributed by atoms with van der Waals surface area (Å²) in [6, 6.07) is 12.6. The number of carbonyl (C=O) groups excluding carboxylic acids is 1. The number of methoxy groups -OCH3 is 1. The predicted octanol–water partition coefficient (Wildman–Crippen LogP) is 4.90. The average molecular weight is 452 g/mol. The fourth-order valence-corrected chi connectivity index (χ4v) is 3.47. The van der Waals surface area contributed by atoms with Crippen LogP contribution in [-0.4, -0.2) is 36.8 Å². The maximum atomic E-state index is 12.9. The van der Waals surface area contributed by atoms with E-state index in [2.05, 4.69) is 17.2 Å². The maximum absolute atomic E-state index is 12.9. The quantitative estimate of drug-likeness (QED) is 0.426. The number of nitrogens with one attached hydrogen (secondary N) is 1. The molecule has 3 rings (SSSR count). The number of benzene rings is 2. The number of nitrogens with zero attached hydrogens (tertiary/aromatic N) is 1. The monoisotopic (exact) mass is 451 g/mol. The van der Waals surface area contributed by atoms with Gasteiger partial charge in [0.05, 0.1) is 30.2 Å². The highest BCUT2D eigenvalue weighted by Gasteiger charge is 2.24. The van der Waals surface area contributed by atoms with Crippen LogP contribution in [0.4, 0.5) is 5.69 Å². The van der Waals surface area contributed by atoms with Gasteiger partial charge in [-0.1, -0.05) is 19.4 Å². The van der Waals surface area contributed by atoms with Gasteiger partial charge in [-0.3, -0.25) is 9.78 Å². The second-order valence-electron chi connectivity index (χ2n) is 8.70. The molecule has 2 aromatic carbocycles. The molecule has 1 amide bonds. The number of nitrogens with two attached hydrogens (primary N) is 1. The molecular formula is C26H33N3O4. The summed E-state index contributed by atoms with van der Waals surface area (Å²) >= 11 is 0. The van der Waals surface area contributed by atoms with Gasteiger partial charge in [-0.25, -0.2) is 0 Å². The van der Waals surface area contributed by atoms with E-state index in [1.165, 1.54) is 0 Å². The Bertz CT molecular complexity index is 1130. The van der Waals surface area contributed by atoms with E-state index in [0.29, 0.717) is 35.1 Å². The fourth-order valence-electron chi connectivity index (χ4n) is 3.47. The summed E-state index contributed by atoms with van der Waals surface area (Å²) in [5.41, 5.74) is 8.30. The van der Waals surface area contributed by atoms with E-state index in [-0.39, 0.29) is 12.5 Å². The lowest BCUT2D eigenvalue weighted by Gasteiger charge is -2.27. The first kappa shape index (κ1) is 24.2. The molecule has 0 aliphatic rings. The summed E-state index contributed by atoms with van der Waals surface area (Å²) in [4.78, 5) is 17.4. The highest BCUT2D eigenvalue weighted by Crippen LogP contribution is 2.31. The molecule has 0 saturated heterocycles. The van der Waals surface area contributed by atoms with E-state index in [4.69, 9.17) is 19.9 Å². The van der Waals surface area contributed by atoms with Gasteiger partial charge in [-0.15, -0.1) is 0 Å². The minimum atomic E-state index is -0.643. The van der Waals surface area contributed by atoms with Crippen molar-refractivity contribution in [3.63, 3.8) is 0 Å². The number of amides is 1. The van der Waals surface area contributed by atoms with Gasteiger partial charge >= 0.3 is 0 Å². The highest BCUT2D eigenvalue weighted by atomic mass is 16.5. The van der Waals surface area contributed by atoms with Crippen LogP contribution in [0.2, 0.25) is 0 Å². The van der Waals surface area contributed by atoms with E-state index < -0.39 is 5.54 Å². The summed E-state index contributed by atoms with van der Waals surface area (Å²) in [7, 11) is 1.56. The number of rotatable bonds is 10. The van der Waals surface area contributed by atoms with E-state index >= 15 is 0 Å². The van der Waals surface area contributed by atoms with Crippen LogP contribution in [0.25, 0.3) is 10.9 Å². The Labute approximate surface area is 195 Å². The average Bonchev–Trinajstić information content (AvgIpc) is 2.77. The molecule has 3 aromatic rings. The smallest absolute Gasteiger partial charge is 0.251 e. The lowest BCUT2D eigenvalue weighted by Crippen LogP contribution is -2.47. The lowest BCUT2D eigenvalue weighted by atomic mass is 10.1. The molecule has 0 radical (unpaired) electrons. The van der Waals surface area contributed by atoms with Gasteiger partial charge in [-0.2, -0.15) is 0 Å². The van der Waals surface area contributed by atoms with E-state index in [9.17, 15) is 4.79 Å². The zero-order valence-electron chi connectivity index (χ0n) is 20.0. The van der Waals surface area contributed by atoms with Crippen LogP contribution in [0.3, 0.4) is 0 Å². The summed E-state index contributed by atoms with van der Waals surface area (Å²) in [5, 5.41) is 3.80. The van der Waals surface area contributed by atoms with Crippen molar-refractivity contribution in [2.45, 2.75) is 46.1 Å². The third-order valence-corrected chi connectivity index (χ3v) is 5.18. The molecule has 7 heteroatoms. The van der Waals surface area contributed by atoms with Gasteiger partial charge in [0, 0.05) is 16.9 Å². The number of nitrogen functional groups attached to an aromatic ring is 1. The van der Waals surface area contributed by atoms with Gasteiger partial charge in [0.1, 0.15) is 12.4 Å². The topological polar surface area (TPSA) is 95.7 Å². The lowest BCUT2D eigenvalue weighted by molar-refractivity contribution is 0.0881. The Hall–Kier alpha value is -3.48. The minimum absolute atomic E-state index is 0.225. The third kappa shape index (κ3) is 6.06. The number of hydrogen-bond donors (Lipinski definition) is 2. The van der Waals surface area contributed by atoms with E-state index in [1.54, 1.807) is 25.3 Å². The Morgan fingerprint density at radius 1 is 1.09 bits per heavy atom. The standard InChI is InChI=1S/C26H33N3O4/c1-6-7-13-32-21-12-11-18(15-23(21)31-5)25(30)29-26(3,4)16-33-22-10-8-9-20-24(22)19(27)14-17(2)28-20/h8-12,14-15H,6-7,13,16H2,1-5H3,(H2,27,28)(H,29,30). The molecule has 7 nitrogen and oxygen atoms in total. The number of anilines is 1. The van der Waals surface area contributed by atoms with Crippen LogP contribution in [0.15, 0.2) is 42.5 Å². The normalized spacial score (nSPS) is 11.3. The van der Waals surface area contributed by atoms with Crippen molar-refractivity contribution in [2.24, 2.45) is 0 Å². The molecule has 176 valence electrons. The zero-order chi connectivity index (χ0) is 24.0. The largest absolute Gasteiger partial charge is 0.493 e. The fraction of sp³-hybridized carbons (Fsp3) is 0.385. The summed E-state index contributed by atoms with van der Waals surface area (Å²) in [6.07, 6.45) is 2.00. The van der Waals surface area contributed by atoms with Gasteiger partial charge in [0.25, 0.3) is 5.91 Å². The first-order valence-corrected chi connectivity index (χ1v) is 11.2. The second kappa shape index (κ2) is 10.4. The molecule has 3 N–H and O–H groups in total. The van der Waals surface area contributed by atoms with Gasteiger partial charge in [0.2, 0.25) is 0 Å². The summed E-state index contributed by atoms with van der Waals surface area (Å²) in [5.74, 6) is 1.57. The number of fused-ring (bicyclic) bond motifs is 1. The van der Waals surface area contributed by atoms with Gasteiger partial charge < -0.3 is 25.3 Å². The molecule has 0 spiro atoms. The zero-order valence-corrected chi connectivity index (χ0v) is 20.0. The Morgan fingerprint density at radius 2 is 1.88 bits per heavy atom. The van der Waals surface area contributed by atoms with Gasteiger partial charge in [0.15, 0.2) is 11.5 Å². The minimum Gasteiger partial charge on any atom is -0.493 e. The molecule has 0 aliphatic heterocycles. The molecular weight excluding hydrogens is 418 g/mol. The van der Waals surface area contributed by atoms with Gasteiger partial charge in [-0.05, 0) is 63.6 Å². The maximum Gasteiger partial charge on any atom is 0.251 e. The van der Waals surface area contributed by atoms with Crippen LogP contribution < -0.4 is 25.3 Å². The van der Waals surface area contributed by atoms with Crippen molar-refractivity contribution in [3.8, 4) is 17.2 Å². The number of aromatic nitrogens is 1. The molecule has 0 aliphatic carbocycles. The van der Waals surface area contributed by atoms with Crippen LogP contribution in [0, 0.1) is 6.92 Å². The SMILES string of the molecule is CCCCOc1ccc(C(=O)NC(C)(C)COc2cccc3nc(C)cc(N)c23)cc1OC.